The molecule has 4 heteroatoms. The van der Waals surface area contributed by atoms with Gasteiger partial charge in [-0.3, -0.25) is 4.79 Å². The van der Waals surface area contributed by atoms with Gasteiger partial charge in [-0.05, 0) is 37.3 Å². The number of Topliss-reactive ketones (excluding diaryl/α,β-unsaturated/α-hetero) is 1. The van der Waals surface area contributed by atoms with Crippen LogP contribution < -0.4 is 4.74 Å². The monoisotopic (exact) mass is 297 g/mol. The number of thioether (sulfide) groups is 1. The van der Waals surface area contributed by atoms with E-state index in [2.05, 4.69) is 6.07 Å². The van der Waals surface area contributed by atoms with Gasteiger partial charge in [0.15, 0.2) is 5.78 Å². The molecule has 0 bridgehead atoms. The second-order valence-electron chi connectivity index (χ2n) is 4.51. The van der Waals surface area contributed by atoms with Crippen LogP contribution >= 0.6 is 11.8 Å². The van der Waals surface area contributed by atoms with Gasteiger partial charge >= 0.3 is 0 Å². The van der Waals surface area contributed by atoms with Gasteiger partial charge in [-0.2, -0.15) is 5.26 Å². The van der Waals surface area contributed by atoms with Crippen LogP contribution in [0.5, 0.6) is 5.75 Å². The number of nitrogens with zero attached hydrogens (tertiary/aromatic N) is 1. The third-order valence-electron chi connectivity index (χ3n) is 3.04. The zero-order chi connectivity index (χ0) is 15.2. The fraction of sp³-hybridized carbons (Fsp3) is 0.176. The van der Waals surface area contributed by atoms with Gasteiger partial charge < -0.3 is 4.74 Å². The van der Waals surface area contributed by atoms with Gasteiger partial charge in [0.2, 0.25) is 0 Å². The molecule has 0 spiro atoms. The molecule has 2 aromatic carbocycles. The van der Waals surface area contributed by atoms with E-state index >= 15 is 0 Å². The number of ether oxygens (including phenoxy) is 1. The van der Waals surface area contributed by atoms with Crippen LogP contribution in [0.2, 0.25) is 0 Å². The number of methoxy groups -OCH3 is 1. The van der Waals surface area contributed by atoms with Crippen molar-refractivity contribution in [3.05, 3.63) is 59.2 Å². The summed E-state index contributed by atoms with van der Waals surface area (Å²) < 4.78 is 5.32. The number of carbonyl (C=O) groups excluding carboxylic acids is 1. The van der Waals surface area contributed by atoms with E-state index in [-0.39, 0.29) is 5.78 Å². The Balaban J connectivity index is 2.18. The van der Waals surface area contributed by atoms with Crippen molar-refractivity contribution < 1.29 is 9.53 Å². The van der Waals surface area contributed by atoms with Crippen molar-refractivity contribution in [3.63, 3.8) is 0 Å². The summed E-state index contributed by atoms with van der Waals surface area (Å²) in [5, 5.41) is 8.97. The molecule has 2 rings (SSSR count). The number of ketones is 1. The summed E-state index contributed by atoms with van der Waals surface area (Å²) in [5.74, 6) is 1.51. The van der Waals surface area contributed by atoms with Gasteiger partial charge in [-0.1, -0.05) is 12.1 Å². The molecule has 0 radical (unpaired) electrons. The Bertz CT molecular complexity index is 704. The van der Waals surface area contributed by atoms with E-state index in [9.17, 15) is 4.79 Å². The molecule has 3 nitrogen and oxygen atoms in total. The maximum absolute atomic E-state index is 11.4. The van der Waals surface area contributed by atoms with Crippen molar-refractivity contribution in [2.24, 2.45) is 0 Å². The second kappa shape index (κ2) is 6.96. The lowest BCUT2D eigenvalue weighted by molar-refractivity contribution is 0.101. The summed E-state index contributed by atoms with van der Waals surface area (Å²) in [4.78, 5) is 12.4. The molecule has 0 aromatic heterocycles. The molecule has 106 valence electrons. The molecule has 0 aliphatic carbocycles. The van der Waals surface area contributed by atoms with Crippen molar-refractivity contribution in [2.75, 3.05) is 7.11 Å². The van der Waals surface area contributed by atoms with Gasteiger partial charge in [0, 0.05) is 21.8 Å². The largest absolute Gasteiger partial charge is 0.496 e. The van der Waals surface area contributed by atoms with Crippen LogP contribution in [0.25, 0.3) is 0 Å². The van der Waals surface area contributed by atoms with E-state index in [0.717, 1.165) is 16.2 Å². The second-order valence-corrected chi connectivity index (χ2v) is 5.56. The van der Waals surface area contributed by atoms with Crippen LogP contribution in [-0.2, 0) is 5.75 Å². The SMILES string of the molecule is COc1ccc(C#N)cc1CSc1cccc(C(C)=O)c1. The minimum Gasteiger partial charge on any atom is -0.496 e. The van der Waals surface area contributed by atoms with Gasteiger partial charge in [-0.25, -0.2) is 0 Å². The summed E-state index contributed by atoms with van der Waals surface area (Å²) in [6.45, 7) is 1.56. The Morgan fingerprint density at radius 2 is 2.10 bits per heavy atom. The molecule has 0 aliphatic heterocycles. The van der Waals surface area contributed by atoms with E-state index in [1.165, 1.54) is 0 Å². The van der Waals surface area contributed by atoms with Crippen LogP contribution in [-0.4, -0.2) is 12.9 Å². The van der Waals surface area contributed by atoms with E-state index in [0.29, 0.717) is 16.9 Å². The smallest absolute Gasteiger partial charge is 0.159 e. The Hall–Kier alpha value is -2.25. The first-order valence-electron chi connectivity index (χ1n) is 6.45. The highest BCUT2D eigenvalue weighted by atomic mass is 32.2. The van der Waals surface area contributed by atoms with Crippen LogP contribution in [0.1, 0.15) is 28.4 Å². The summed E-state index contributed by atoms with van der Waals surface area (Å²) in [6, 6.07) is 15.0. The minimum atomic E-state index is 0.0570. The van der Waals surface area contributed by atoms with Gasteiger partial charge in [0.05, 0.1) is 18.7 Å². The Morgan fingerprint density at radius 1 is 1.29 bits per heavy atom. The zero-order valence-electron chi connectivity index (χ0n) is 11.9. The maximum Gasteiger partial charge on any atom is 0.159 e. The lowest BCUT2D eigenvalue weighted by atomic mass is 10.1. The molecule has 0 unspecified atom stereocenters. The van der Waals surface area contributed by atoms with E-state index < -0.39 is 0 Å². The van der Waals surface area contributed by atoms with E-state index in [1.807, 2.05) is 30.3 Å². The summed E-state index contributed by atoms with van der Waals surface area (Å²) in [6.07, 6.45) is 0. The van der Waals surface area contributed by atoms with E-state index in [1.54, 1.807) is 37.9 Å². The third kappa shape index (κ3) is 3.87. The Labute approximate surface area is 128 Å². The molecular formula is C17H15NO2S. The third-order valence-corrected chi connectivity index (χ3v) is 4.09. The quantitative estimate of drug-likeness (QED) is 0.617. The molecule has 0 fully saturated rings. The topological polar surface area (TPSA) is 50.1 Å². The van der Waals surface area contributed by atoms with Crippen molar-refractivity contribution in [1.82, 2.24) is 0 Å². The molecule has 0 N–H and O–H groups in total. The Kier molecular flexibility index (Phi) is 5.02. The summed E-state index contributed by atoms with van der Waals surface area (Å²) in [5.41, 5.74) is 2.29. The molecule has 0 aliphatic rings. The predicted octanol–water partition coefficient (Wildman–Crippen LogP) is 4.06. The predicted molar refractivity (Wildman–Crippen MR) is 83.7 cm³/mol. The molecule has 2 aromatic rings. The van der Waals surface area contributed by atoms with Crippen molar-refractivity contribution >= 4 is 17.5 Å². The van der Waals surface area contributed by atoms with Crippen LogP contribution in [0.3, 0.4) is 0 Å². The number of rotatable bonds is 5. The van der Waals surface area contributed by atoms with Crippen LogP contribution in [0, 0.1) is 11.3 Å². The fourth-order valence-corrected chi connectivity index (χ4v) is 2.86. The molecular weight excluding hydrogens is 282 g/mol. The normalized spacial score (nSPS) is 9.95. The average molecular weight is 297 g/mol. The number of nitriles is 1. The first-order valence-corrected chi connectivity index (χ1v) is 7.43. The first-order chi connectivity index (χ1) is 10.1. The van der Waals surface area contributed by atoms with Crippen molar-refractivity contribution in [1.29, 1.82) is 5.26 Å². The lowest BCUT2D eigenvalue weighted by Crippen LogP contribution is -1.93. The molecule has 0 saturated carbocycles. The molecule has 21 heavy (non-hydrogen) atoms. The standard InChI is InChI=1S/C17H15NO2S/c1-12(19)14-4-3-5-16(9-14)21-11-15-8-13(10-18)6-7-17(15)20-2/h3-9H,11H2,1-2H3. The first kappa shape index (κ1) is 15.1. The number of hydrogen-bond acceptors (Lipinski definition) is 4. The molecule has 0 heterocycles. The maximum atomic E-state index is 11.4. The highest BCUT2D eigenvalue weighted by molar-refractivity contribution is 7.98. The van der Waals surface area contributed by atoms with Gasteiger partial charge in [0.25, 0.3) is 0 Å². The minimum absolute atomic E-state index is 0.0570. The highest BCUT2D eigenvalue weighted by Gasteiger charge is 2.07. The van der Waals surface area contributed by atoms with Crippen molar-refractivity contribution in [2.45, 2.75) is 17.6 Å². The molecule has 0 amide bonds. The molecule has 0 saturated heterocycles. The lowest BCUT2D eigenvalue weighted by Gasteiger charge is -2.09. The van der Waals surface area contributed by atoms with Crippen molar-refractivity contribution in [3.8, 4) is 11.8 Å². The fourth-order valence-electron chi connectivity index (χ4n) is 1.93. The van der Waals surface area contributed by atoms with Crippen LogP contribution in [0.4, 0.5) is 0 Å². The van der Waals surface area contributed by atoms with Gasteiger partial charge in [0.1, 0.15) is 5.75 Å². The van der Waals surface area contributed by atoms with Crippen LogP contribution in [0.15, 0.2) is 47.4 Å². The highest BCUT2D eigenvalue weighted by Crippen LogP contribution is 2.29. The summed E-state index contributed by atoms with van der Waals surface area (Å²) in [7, 11) is 1.62. The number of carbonyl (C=O) groups is 1. The van der Waals surface area contributed by atoms with E-state index in [4.69, 9.17) is 10.00 Å². The molecule has 0 atom stereocenters. The Morgan fingerprint density at radius 3 is 2.76 bits per heavy atom. The number of benzene rings is 2. The average Bonchev–Trinajstić information content (AvgIpc) is 2.52. The zero-order valence-corrected chi connectivity index (χ0v) is 12.7. The summed E-state index contributed by atoms with van der Waals surface area (Å²) >= 11 is 1.61. The van der Waals surface area contributed by atoms with Gasteiger partial charge in [-0.15, -0.1) is 11.8 Å². The number of hydrogen-bond donors (Lipinski definition) is 0.